The van der Waals surface area contributed by atoms with Gasteiger partial charge in [0.1, 0.15) is 0 Å². The van der Waals surface area contributed by atoms with E-state index >= 15 is 0 Å². The lowest BCUT2D eigenvalue weighted by Gasteiger charge is -2.17. The molecule has 72 valence electrons. The average molecular weight is 244 g/mol. The summed E-state index contributed by atoms with van der Waals surface area (Å²) in [7, 11) is 0. The third-order valence-corrected chi connectivity index (χ3v) is 2.56. The Balaban J connectivity index is 2.82. The maximum atomic E-state index is 9.77. The monoisotopic (exact) mass is 243 g/mol. The molecule has 3 N–H and O–H groups in total. The van der Waals surface area contributed by atoms with Crippen LogP contribution >= 0.6 is 15.9 Å². The summed E-state index contributed by atoms with van der Waals surface area (Å²) < 4.78 is 0.965. The highest BCUT2D eigenvalue weighted by Gasteiger charge is 2.14. The molecular formula is C10H14BrNO. The van der Waals surface area contributed by atoms with Gasteiger partial charge >= 0.3 is 0 Å². The van der Waals surface area contributed by atoms with Gasteiger partial charge in [-0.05, 0) is 24.1 Å². The Morgan fingerprint density at radius 2 is 2.23 bits per heavy atom. The number of rotatable bonds is 3. The highest BCUT2D eigenvalue weighted by Crippen LogP contribution is 2.20. The molecule has 0 aromatic heterocycles. The van der Waals surface area contributed by atoms with Crippen molar-refractivity contribution in [3.05, 3.63) is 34.3 Å². The van der Waals surface area contributed by atoms with E-state index in [-0.39, 0.29) is 6.04 Å². The highest BCUT2D eigenvalue weighted by molar-refractivity contribution is 9.10. The van der Waals surface area contributed by atoms with Crippen molar-refractivity contribution in [3.8, 4) is 0 Å². The zero-order valence-corrected chi connectivity index (χ0v) is 9.16. The first-order valence-corrected chi connectivity index (χ1v) is 5.13. The number of halogens is 1. The number of benzene rings is 1. The molecule has 0 amide bonds. The van der Waals surface area contributed by atoms with Crippen molar-refractivity contribution in [2.24, 2.45) is 5.73 Å². The Hall–Kier alpha value is -0.380. The van der Waals surface area contributed by atoms with Crippen LogP contribution in [-0.2, 0) is 0 Å². The van der Waals surface area contributed by atoms with Crippen LogP contribution in [0.1, 0.15) is 25.0 Å². The van der Waals surface area contributed by atoms with E-state index in [1.54, 1.807) is 0 Å². The van der Waals surface area contributed by atoms with E-state index in [4.69, 9.17) is 5.73 Å². The quantitative estimate of drug-likeness (QED) is 0.856. The zero-order chi connectivity index (χ0) is 9.84. The molecule has 1 aromatic rings. The van der Waals surface area contributed by atoms with Crippen LogP contribution in [0.25, 0.3) is 0 Å². The molecule has 1 aromatic carbocycles. The number of aliphatic hydroxyl groups is 1. The largest absolute Gasteiger partial charge is 0.387 e. The first kappa shape index (κ1) is 10.7. The van der Waals surface area contributed by atoms with Crippen molar-refractivity contribution in [3.63, 3.8) is 0 Å². The van der Waals surface area contributed by atoms with Gasteiger partial charge in [-0.3, -0.25) is 0 Å². The van der Waals surface area contributed by atoms with Crippen LogP contribution in [0.15, 0.2) is 28.7 Å². The minimum absolute atomic E-state index is 0.186. The topological polar surface area (TPSA) is 46.2 Å². The fourth-order valence-electron chi connectivity index (χ4n) is 1.16. The van der Waals surface area contributed by atoms with Crippen LogP contribution in [0.5, 0.6) is 0 Å². The summed E-state index contributed by atoms with van der Waals surface area (Å²) in [6, 6.07) is 7.40. The van der Waals surface area contributed by atoms with Crippen molar-refractivity contribution < 1.29 is 5.11 Å². The molecule has 13 heavy (non-hydrogen) atoms. The Morgan fingerprint density at radius 1 is 1.54 bits per heavy atom. The number of aliphatic hydroxyl groups excluding tert-OH is 1. The SMILES string of the molecule is CC[C@H](N)[C@H](O)c1cccc(Br)c1. The second kappa shape index (κ2) is 4.74. The van der Waals surface area contributed by atoms with Crippen molar-refractivity contribution in [1.29, 1.82) is 0 Å². The molecule has 0 unspecified atom stereocenters. The molecule has 0 spiro atoms. The molecule has 0 radical (unpaired) electrons. The fourth-order valence-corrected chi connectivity index (χ4v) is 1.58. The summed E-state index contributed by atoms with van der Waals surface area (Å²) in [6.07, 6.45) is 0.204. The van der Waals surface area contributed by atoms with Gasteiger partial charge in [0, 0.05) is 10.5 Å². The van der Waals surface area contributed by atoms with Gasteiger partial charge in [-0.15, -0.1) is 0 Å². The number of nitrogens with two attached hydrogens (primary N) is 1. The van der Waals surface area contributed by atoms with Crippen LogP contribution in [0.3, 0.4) is 0 Å². The second-order valence-corrected chi connectivity index (χ2v) is 3.99. The third-order valence-electron chi connectivity index (χ3n) is 2.07. The fraction of sp³-hybridized carbons (Fsp3) is 0.400. The minimum Gasteiger partial charge on any atom is -0.387 e. The van der Waals surface area contributed by atoms with E-state index in [9.17, 15) is 5.11 Å². The molecule has 2 atom stereocenters. The second-order valence-electron chi connectivity index (χ2n) is 3.07. The van der Waals surface area contributed by atoms with Gasteiger partial charge in [-0.25, -0.2) is 0 Å². The lowest BCUT2D eigenvalue weighted by atomic mass is 10.0. The first-order valence-electron chi connectivity index (χ1n) is 4.34. The van der Waals surface area contributed by atoms with Gasteiger partial charge in [0.2, 0.25) is 0 Å². The van der Waals surface area contributed by atoms with E-state index in [1.807, 2.05) is 31.2 Å². The van der Waals surface area contributed by atoms with Gasteiger partial charge in [-0.1, -0.05) is 35.0 Å². The predicted molar refractivity (Wildman–Crippen MR) is 57.4 cm³/mol. The highest BCUT2D eigenvalue weighted by atomic mass is 79.9. The van der Waals surface area contributed by atoms with E-state index in [0.717, 1.165) is 16.5 Å². The first-order chi connectivity index (χ1) is 6.15. The van der Waals surface area contributed by atoms with Gasteiger partial charge < -0.3 is 10.8 Å². The lowest BCUT2D eigenvalue weighted by molar-refractivity contribution is 0.144. The normalized spacial score (nSPS) is 15.4. The van der Waals surface area contributed by atoms with Crippen molar-refractivity contribution in [2.75, 3.05) is 0 Å². The van der Waals surface area contributed by atoms with E-state index < -0.39 is 6.10 Å². The molecule has 0 saturated heterocycles. The number of hydrogen-bond donors (Lipinski definition) is 2. The Bertz CT molecular complexity index is 277. The molecule has 0 aliphatic heterocycles. The van der Waals surface area contributed by atoms with Crippen LogP contribution in [0.2, 0.25) is 0 Å². The minimum atomic E-state index is -0.567. The van der Waals surface area contributed by atoms with Gasteiger partial charge in [0.15, 0.2) is 0 Å². The predicted octanol–water partition coefficient (Wildman–Crippen LogP) is 2.22. The summed E-state index contributed by atoms with van der Waals surface area (Å²) in [5.74, 6) is 0. The molecule has 0 aliphatic carbocycles. The van der Waals surface area contributed by atoms with Gasteiger partial charge in [-0.2, -0.15) is 0 Å². The molecule has 0 heterocycles. The molecule has 0 bridgehead atoms. The average Bonchev–Trinajstić information content (AvgIpc) is 2.15. The van der Waals surface area contributed by atoms with Crippen LogP contribution in [0, 0.1) is 0 Å². The summed E-state index contributed by atoms with van der Waals surface area (Å²) in [4.78, 5) is 0. The Kier molecular flexibility index (Phi) is 3.90. The molecule has 0 aliphatic rings. The van der Waals surface area contributed by atoms with Gasteiger partial charge in [0.05, 0.1) is 6.10 Å². The summed E-state index contributed by atoms with van der Waals surface area (Å²) in [6.45, 7) is 1.96. The number of hydrogen-bond acceptors (Lipinski definition) is 2. The Labute approximate surface area is 86.9 Å². The van der Waals surface area contributed by atoms with Crippen LogP contribution in [0.4, 0.5) is 0 Å². The molecular weight excluding hydrogens is 230 g/mol. The molecule has 0 fully saturated rings. The third kappa shape index (κ3) is 2.79. The zero-order valence-electron chi connectivity index (χ0n) is 7.57. The molecule has 0 saturated carbocycles. The summed E-state index contributed by atoms with van der Waals surface area (Å²) in [5.41, 5.74) is 6.60. The maximum absolute atomic E-state index is 9.77. The van der Waals surface area contributed by atoms with Gasteiger partial charge in [0.25, 0.3) is 0 Å². The summed E-state index contributed by atoms with van der Waals surface area (Å²) >= 11 is 3.35. The molecule has 3 heteroatoms. The van der Waals surface area contributed by atoms with E-state index in [1.165, 1.54) is 0 Å². The smallest absolute Gasteiger partial charge is 0.0941 e. The lowest BCUT2D eigenvalue weighted by Crippen LogP contribution is -2.27. The summed E-state index contributed by atoms with van der Waals surface area (Å²) in [5, 5.41) is 9.77. The van der Waals surface area contributed by atoms with Crippen molar-refractivity contribution in [1.82, 2.24) is 0 Å². The standard InChI is InChI=1S/C10H14BrNO/c1-2-9(12)10(13)7-4-3-5-8(11)6-7/h3-6,9-10,13H,2,12H2,1H3/t9-,10+/m0/s1. The molecule has 1 rings (SSSR count). The maximum Gasteiger partial charge on any atom is 0.0941 e. The van der Waals surface area contributed by atoms with E-state index in [0.29, 0.717) is 0 Å². The van der Waals surface area contributed by atoms with Crippen molar-refractivity contribution in [2.45, 2.75) is 25.5 Å². The van der Waals surface area contributed by atoms with Crippen LogP contribution < -0.4 is 5.73 Å². The van der Waals surface area contributed by atoms with E-state index in [2.05, 4.69) is 15.9 Å². The molecule has 2 nitrogen and oxygen atoms in total. The van der Waals surface area contributed by atoms with Crippen LogP contribution in [-0.4, -0.2) is 11.1 Å². The van der Waals surface area contributed by atoms with Crippen molar-refractivity contribution >= 4 is 15.9 Å². The Morgan fingerprint density at radius 3 is 2.77 bits per heavy atom.